The van der Waals surface area contributed by atoms with Crippen LogP contribution >= 0.6 is 0 Å². The molecule has 2 aromatic rings. The lowest BCUT2D eigenvalue weighted by molar-refractivity contribution is -0.120. The van der Waals surface area contributed by atoms with E-state index in [9.17, 15) is 4.79 Å². The lowest BCUT2D eigenvalue weighted by Crippen LogP contribution is -2.34. The molecule has 0 aromatic heterocycles. The number of hydrogen-bond acceptors (Lipinski definition) is 3. The molecule has 1 atom stereocenters. The van der Waals surface area contributed by atoms with Crippen molar-refractivity contribution in [3.8, 4) is 5.75 Å². The Morgan fingerprint density at radius 1 is 1.16 bits per heavy atom. The molecule has 2 aromatic carbocycles. The molecule has 1 aliphatic rings. The SMILES string of the molecule is COc1ccc(C(NC(=O)CNc2cccc(C)c2C)C2CC2)cc1. The van der Waals surface area contributed by atoms with E-state index < -0.39 is 0 Å². The van der Waals surface area contributed by atoms with Crippen LogP contribution < -0.4 is 15.4 Å². The van der Waals surface area contributed by atoms with E-state index in [1.165, 1.54) is 24.0 Å². The number of carbonyl (C=O) groups is 1. The van der Waals surface area contributed by atoms with E-state index in [4.69, 9.17) is 4.74 Å². The van der Waals surface area contributed by atoms with Crippen LogP contribution in [0.4, 0.5) is 5.69 Å². The van der Waals surface area contributed by atoms with Gasteiger partial charge >= 0.3 is 0 Å². The van der Waals surface area contributed by atoms with Crippen molar-refractivity contribution in [1.82, 2.24) is 5.32 Å². The number of hydrogen-bond donors (Lipinski definition) is 2. The van der Waals surface area contributed by atoms with Crippen molar-refractivity contribution in [3.05, 3.63) is 59.2 Å². The van der Waals surface area contributed by atoms with E-state index in [0.717, 1.165) is 17.0 Å². The topological polar surface area (TPSA) is 50.4 Å². The molecule has 1 saturated carbocycles. The Balaban J connectivity index is 1.62. The van der Waals surface area contributed by atoms with Gasteiger partial charge in [0, 0.05) is 5.69 Å². The molecular formula is C21H26N2O2. The van der Waals surface area contributed by atoms with Crippen molar-refractivity contribution in [1.29, 1.82) is 0 Å². The third kappa shape index (κ3) is 4.32. The molecule has 0 saturated heterocycles. The van der Waals surface area contributed by atoms with Crippen molar-refractivity contribution >= 4 is 11.6 Å². The Kier molecular flexibility index (Phi) is 5.27. The summed E-state index contributed by atoms with van der Waals surface area (Å²) in [6.45, 7) is 4.43. The molecule has 3 rings (SSSR count). The fraction of sp³-hybridized carbons (Fsp3) is 0.381. The number of anilines is 1. The number of aryl methyl sites for hydroxylation is 1. The first-order valence-corrected chi connectivity index (χ1v) is 8.82. The average molecular weight is 338 g/mol. The zero-order chi connectivity index (χ0) is 17.8. The van der Waals surface area contributed by atoms with Gasteiger partial charge in [0.2, 0.25) is 5.91 Å². The molecule has 2 N–H and O–H groups in total. The number of ether oxygens (including phenoxy) is 1. The molecule has 1 fully saturated rings. The molecule has 132 valence electrons. The quantitative estimate of drug-likeness (QED) is 0.802. The van der Waals surface area contributed by atoms with Gasteiger partial charge in [-0.1, -0.05) is 24.3 Å². The van der Waals surface area contributed by atoms with Crippen LogP contribution in [0.3, 0.4) is 0 Å². The van der Waals surface area contributed by atoms with Crippen molar-refractivity contribution in [3.63, 3.8) is 0 Å². The second-order valence-corrected chi connectivity index (χ2v) is 6.76. The maximum Gasteiger partial charge on any atom is 0.239 e. The largest absolute Gasteiger partial charge is 0.497 e. The van der Waals surface area contributed by atoms with Crippen LogP contribution in [0.25, 0.3) is 0 Å². The summed E-state index contributed by atoms with van der Waals surface area (Å²) < 4.78 is 5.22. The molecule has 0 bridgehead atoms. The van der Waals surface area contributed by atoms with Gasteiger partial charge in [-0.25, -0.2) is 0 Å². The van der Waals surface area contributed by atoms with Gasteiger partial charge in [0.05, 0.1) is 19.7 Å². The summed E-state index contributed by atoms with van der Waals surface area (Å²) in [7, 11) is 1.66. The molecule has 0 heterocycles. The van der Waals surface area contributed by atoms with E-state index in [-0.39, 0.29) is 18.5 Å². The highest BCUT2D eigenvalue weighted by Gasteiger charge is 2.33. The minimum Gasteiger partial charge on any atom is -0.497 e. The summed E-state index contributed by atoms with van der Waals surface area (Å²) >= 11 is 0. The molecule has 4 heteroatoms. The highest BCUT2D eigenvalue weighted by molar-refractivity contribution is 5.81. The number of amides is 1. The summed E-state index contributed by atoms with van der Waals surface area (Å²) in [5.74, 6) is 1.40. The van der Waals surface area contributed by atoms with Crippen molar-refractivity contribution in [2.24, 2.45) is 5.92 Å². The molecule has 25 heavy (non-hydrogen) atoms. The van der Waals surface area contributed by atoms with Crippen LogP contribution in [0.15, 0.2) is 42.5 Å². The van der Waals surface area contributed by atoms with Crippen LogP contribution in [-0.4, -0.2) is 19.6 Å². The van der Waals surface area contributed by atoms with Crippen LogP contribution in [0, 0.1) is 19.8 Å². The molecule has 0 radical (unpaired) electrons. The molecule has 1 aliphatic carbocycles. The lowest BCUT2D eigenvalue weighted by atomic mass is 10.0. The van der Waals surface area contributed by atoms with E-state index in [0.29, 0.717) is 5.92 Å². The number of benzene rings is 2. The zero-order valence-electron chi connectivity index (χ0n) is 15.1. The lowest BCUT2D eigenvalue weighted by Gasteiger charge is -2.20. The fourth-order valence-corrected chi connectivity index (χ4v) is 3.06. The van der Waals surface area contributed by atoms with Gasteiger partial charge < -0.3 is 15.4 Å². The zero-order valence-corrected chi connectivity index (χ0v) is 15.1. The summed E-state index contributed by atoms with van der Waals surface area (Å²) in [5.41, 5.74) is 4.56. The summed E-state index contributed by atoms with van der Waals surface area (Å²) in [6, 6.07) is 14.2. The van der Waals surface area contributed by atoms with Gasteiger partial charge in [-0.2, -0.15) is 0 Å². The van der Waals surface area contributed by atoms with Crippen LogP contribution in [0.1, 0.15) is 35.6 Å². The standard InChI is InChI=1S/C21H26N2O2/c1-14-5-4-6-19(15(14)2)22-13-20(24)23-21(16-7-8-16)17-9-11-18(25-3)12-10-17/h4-6,9-12,16,21-22H,7-8,13H2,1-3H3,(H,23,24). The number of nitrogens with one attached hydrogen (secondary N) is 2. The molecule has 1 unspecified atom stereocenters. The monoisotopic (exact) mass is 338 g/mol. The second kappa shape index (κ2) is 7.60. The number of methoxy groups -OCH3 is 1. The van der Waals surface area contributed by atoms with Crippen molar-refractivity contribution < 1.29 is 9.53 Å². The summed E-state index contributed by atoms with van der Waals surface area (Å²) in [5, 5.41) is 6.45. The van der Waals surface area contributed by atoms with Gasteiger partial charge in [0.25, 0.3) is 0 Å². The highest BCUT2D eigenvalue weighted by Crippen LogP contribution is 2.41. The maximum absolute atomic E-state index is 12.5. The number of rotatable bonds is 7. The highest BCUT2D eigenvalue weighted by atomic mass is 16.5. The second-order valence-electron chi connectivity index (χ2n) is 6.76. The molecular weight excluding hydrogens is 312 g/mol. The van der Waals surface area contributed by atoms with E-state index in [2.05, 4.69) is 30.5 Å². The first-order valence-electron chi connectivity index (χ1n) is 8.82. The summed E-state index contributed by atoms with van der Waals surface area (Å²) in [6.07, 6.45) is 2.34. The van der Waals surface area contributed by atoms with Gasteiger partial charge in [-0.05, 0) is 67.5 Å². The average Bonchev–Trinajstić information content (AvgIpc) is 3.46. The first-order chi connectivity index (χ1) is 12.1. The van der Waals surface area contributed by atoms with Gasteiger partial charge in [0.1, 0.15) is 5.75 Å². The van der Waals surface area contributed by atoms with E-state index >= 15 is 0 Å². The van der Waals surface area contributed by atoms with E-state index in [1.54, 1.807) is 7.11 Å². The molecule has 4 nitrogen and oxygen atoms in total. The van der Waals surface area contributed by atoms with Crippen LogP contribution in [-0.2, 0) is 4.79 Å². The third-order valence-corrected chi connectivity index (χ3v) is 4.93. The Bertz CT molecular complexity index is 736. The predicted molar refractivity (Wildman–Crippen MR) is 101 cm³/mol. The van der Waals surface area contributed by atoms with Gasteiger partial charge in [0.15, 0.2) is 0 Å². The van der Waals surface area contributed by atoms with E-state index in [1.807, 2.05) is 36.4 Å². The maximum atomic E-state index is 12.5. The van der Waals surface area contributed by atoms with Gasteiger partial charge in [-0.3, -0.25) is 4.79 Å². The third-order valence-electron chi connectivity index (χ3n) is 4.93. The van der Waals surface area contributed by atoms with Crippen molar-refractivity contribution in [2.45, 2.75) is 32.7 Å². The predicted octanol–water partition coefficient (Wildman–Crippen LogP) is 3.99. The Labute approximate surface area is 149 Å². The molecule has 1 amide bonds. The Hall–Kier alpha value is -2.49. The Morgan fingerprint density at radius 2 is 1.88 bits per heavy atom. The first kappa shape index (κ1) is 17.3. The smallest absolute Gasteiger partial charge is 0.239 e. The number of carbonyl (C=O) groups excluding carboxylic acids is 1. The molecule has 0 aliphatic heterocycles. The Morgan fingerprint density at radius 3 is 2.52 bits per heavy atom. The summed E-state index contributed by atoms with van der Waals surface area (Å²) in [4.78, 5) is 12.5. The van der Waals surface area contributed by atoms with Crippen LogP contribution in [0.2, 0.25) is 0 Å². The molecule has 0 spiro atoms. The van der Waals surface area contributed by atoms with Crippen LogP contribution in [0.5, 0.6) is 5.75 Å². The normalized spacial score (nSPS) is 14.7. The van der Waals surface area contributed by atoms with Gasteiger partial charge in [-0.15, -0.1) is 0 Å². The van der Waals surface area contributed by atoms with Crippen molar-refractivity contribution in [2.75, 3.05) is 19.0 Å². The fourth-order valence-electron chi connectivity index (χ4n) is 3.06. The minimum atomic E-state index is 0.0219. The minimum absolute atomic E-state index is 0.0219.